The van der Waals surface area contributed by atoms with Gasteiger partial charge in [-0.3, -0.25) is 43.2 Å². The molecular weight excluding hydrogens is 1160 g/mol. The largest absolute Gasteiger partial charge is 0.396 e. The summed E-state index contributed by atoms with van der Waals surface area (Å²) in [4.78, 5) is 131. The van der Waals surface area contributed by atoms with Gasteiger partial charge in [0.05, 0.1) is 24.0 Å². The highest BCUT2D eigenvalue weighted by atomic mass is 16.3. The Bertz CT molecular complexity index is 3220. The Hall–Kier alpha value is -8.09. The van der Waals surface area contributed by atoms with E-state index in [1.54, 1.807) is 72.4 Å². The molecule has 4 aromatic rings. The molecule has 0 saturated carbocycles. The lowest BCUT2D eigenvalue weighted by Crippen LogP contribution is -2.58. The second-order valence-corrected chi connectivity index (χ2v) is 25.2. The number of amides is 5. The van der Waals surface area contributed by atoms with Gasteiger partial charge in [-0.25, -0.2) is 0 Å². The number of rotatable bonds is 31. The lowest BCUT2D eigenvalue weighted by Gasteiger charge is -2.38. The second kappa shape index (κ2) is 34.5. The number of fused-ring (bicyclic) bond motifs is 2. The fourth-order valence-electron chi connectivity index (χ4n) is 14.5. The van der Waals surface area contributed by atoms with Gasteiger partial charge in [0.1, 0.15) is 23.4 Å². The lowest BCUT2D eigenvalue weighted by atomic mass is 9.77. The fraction of sp³-hybridized carbons (Fsp3) is 0.507. The van der Waals surface area contributed by atoms with Crippen LogP contribution in [0.3, 0.4) is 0 Å². The number of carbonyl (C=O) groups is 9. The summed E-state index contributed by atoms with van der Waals surface area (Å²) < 4.78 is 0. The van der Waals surface area contributed by atoms with Crippen molar-refractivity contribution in [3.8, 4) is 23.7 Å². The summed E-state index contributed by atoms with van der Waals surface area (Å²) in [5.41, 5.74) is 1.47. The van der Waals surface area contributed by atoms with E-state index in [9.17, 15) is 48.3 Å². The highest BCUT2D eigenvalue weighted by molar-refractivity contribution is 6.00. The minimum atomic E-state index is -1.65. The molecule has 4 saturated heterocycles. The molecule has 0 unspecified atom stereocenters. The number of nitrogens with one attached hydrogen (secondary N) is 5. The normalized spacial score (nSPS) is 21.8. The number of benzene rings is 4. The van der Waals surface area contributed by atoms with Crippen LogP contribution in [0.1, 0.15) is 170 Å². The molecule has 17 nitrogen and oxygen atoms in total. The summed E-state index contributed by atoms with van der Waals surface area (Å²) in [5, 5.41) is 25.7. The average Bonchev–Trinajstić information content (AvgIpc) is 1.20. The molecule has 0 aliphatic carbocycles. The Balaban J connectivity index is 0.822. The van der Waals surface area contributed by atoms with Gasteiger partial charge in [0.25, 0.3) is 0 Å². The number of ketones is 4. The van der Waals surface area contributed by atoms with Crippen LogP contribution in [-0.4, -0.2) is 137 Å². The Labute approximate surface area is 543 Å². The van der Waals surface area contributed by atoms with Crippen molar-refractivity contribution < 1.29 is 48.3 Å². The summed E-state index contributed by atoms with van der Waals surface area (Å²) in [5.74, 6) is 7.62. The number of nitrogens with zero attached hydrogens (tertiary/aromatic N) is 2. The summed E-state index contributed by atoms with van der Waals surface area (Å²) in [6.45, 7) is 3.71. The van der Waals surface area contributed by atoms with Gasteiger partial charge in [0.2, 0.25) is 29.5 Å². The molecule has 4 fully saturated rings. The molecule has 488 valence electrons. The Kier molecular flexibility index (Phi) is 26.2. The maximum absolute atomic E-state index is 15.0. The zero-order valence-electron chi connectivity index (χ0n) is 54.0. The first-order valence-electron chi connectivity index (χ1n) is 33.4. The van der Waals surface area contributed by atoms with Gasteiger partial charge >= 0.3 is 0 Å². The van der Waals surface area contributed by atoms with Crippen molar-refractivity contribution >= 4 is 52.7 Å². The predicted molar refractivity (Wildman–Crippen MR) is 353 cm³/mol. The number of hydrogen-bond donors (Lipinski definition) is 6. The molecule has 0 radical (unpaired) electrons. The van der Waals surface area contributed by atoms with Gasteiger partial charge in [0.15, 0.2) is 17.3 Å². The third-order valence-electron chi connectivity index (χ3n) is 19.6. The minimum absolute atomic E-state index is 0.00436. The zero-order chi connectivity index (χ0) is 65.6. The molecule has 4 aromatic carbocycles. The van der Waals surface area contributed by atoms with Crippen LogP contribution in [0.4, 0.5) is 0 Å². The van der Waals surface area contributed by atoms with Crippen molar-refractivity contribution in [3.63, 3.8) is 0 Å². The van der Waals surface area contributed by atoms with E-state index >= 15 is 0 Å². The van der Waals surface area contributed by atoms with Gasteiger partial charge in [-0.2, -0.15) is 0 Å². The Morgan fingerprint density at radius 2 is 1.13 bits per heavy atom. The van der Waals surface area contributed by atoms with Crippen molar-refractivity contribution in [2.75, 3.05) is 27.2 Å². The summed E-state index contributed by atoms with van der Waals surface area (Å²) >= 11 is 0. The van der Waals surface area contributed by atoms with Crippen molar-refractivity contribution in [3.05, 3.63) is 144 Å². The SMILES string of the molecule is CC[C@H](NC)C(=O)C[C@@H]1C(=O)N2[C@@H](CC[C@@H]1CO)CC[C@H]2C(=O)NC(C(=O)CCCNC(=O)CCC#CC#CCCC(=O)CC[C@H]1CC[C@H]2CC[C@@H](C(=O)CC(c3ccccc3)c3ccccc3)N2C(=O)[C@H]1NC(=O)[C@H](CC)NC)(c1ccccc1)c1ccccc1. The van der Waals surface area contributed by atoms with E-state index in [-0.39, 0.29) is 142 Å². The molecular formula is C75H93N7O10. The first-order chi connectivity index (χ1) is 44.7. The second-order valence-electron chi connectivity index (χ2n) is 25.2. The first-order valence-corrected chi connectivity index (χ1v) is 33.4. The molecule has 10 atom stereocenters. The van der Waals surface area contributed by atoms with E-state index in [0.29, 0.717) is 81.8 Å². The number of hydrogen-bond acceptors (Lipinski definition) is 12. The van der Waals surface area contributed by atoms with Crippen LogP contribution in [0.2, 0.25) is 0 Å². The van der Waals surface area contributed by atoms with Crippen LogP contribution < -0.4 is 26.6 Å². The van der Waals surface area contributed by atoms with Crippen molar-refractivity contribution in [2.24, 2.45) is 17.8 Å². The molecule has 0 spiro atoms. The van der Waals surface area contributed by atoms with Crippen LogP contribution in [0.15, 0.2) is 121 Å². The van der Waals surface area contributed by atoms with Crippen LogP contribution in [-0.2, 0) is 48.7 Å². The van der Waals surface area contributed by atoms with Crippen molar-refractivity contribution in [1.82, 2.24) is 36.4 Å². The van der Waals surface area contributed by atoms with E-state index in [1.165, 1.54) is 0 Å². The van der Waals surface area contributed by atoms with Gasteiger partial charge in [-0.05, 0) is 137 Å². The van der Waals surface area contributed by atoms with E-state index in [0.717, 1.165) is 11.1 Å². The van der Waals surface area contributed by atoms with Crippen LogP contribution >= 0.6 is 0 Å². The zero-order valence-corrected chi connectivity index (χ0v) is 54.0. The number of aliphatic hydroxyl groups excluding tert-OH is 1. The lowest BCUT2D eigenvalue weighted by molar-refractivity contribution is -0.146. The van der Waals surface area contributed by atoms with Crippen LogP contribution in [0.25, 0.3) is 0 Å². The van der Waals surface area contributed by atoms with Crippen molar-refractivity contribution in [1.29, 1.82) is 0 Å². The van der Waals surface area contributed by atoms with Crippen molar-refractivity contribution in [2.45, 2.75) is 196 Å². The summed E-state index contributed by atoms with van der Waals surface area (Å²) in [6, 6.07) is 34.2. The monoisotopic (exact) mass is 1250 g/mol. The van der Waals surface area contributed by atoms with Gasteiger partial charge in [-0.1, -0.05) is 147 Å². The maximum Gasteiger partial charge on any atom is 0.246 e. The fourth-order valence-corrected chi connectivity index (χ4v) is 14.5. The standard InChI is InChI=1S/C75H93N7O10/c1-5-62(76-3)66(85)49-61-54(50-83)38-41-58-43-46-65(82(58)73(61)91)72(90)80-75(55-30-19-13-20-31-55,56-32-21-14-22-33-56)68(87)35-25-47-78-69(88)36-24-10-8-7-9-23-34-59(84)44-39-53-37-40-57-42-45-64(81(57)74(92)70(53)79-71(89)63(6-2)77-4)67(86)48-60(51-26-15-11-16-27-51)52-28-17-12-18-29-52/h11-22,26-33,53-54,57-58,60-65,70,76-77,83H,5-6,23-25,34-50H2,1-4H3,(H,78,88)(H,79,89)(H,80,90)/t53-,54-,57+,58+,61+,62+,63+,64+,65+,70+/m1/s1. The molecule has 0 aromatic heterocycles. The highest BCUT2D eigenvalue weighted by Crippen LogP contribution is 2.41. The molecule has 6 N–H and O–H groups in total. The molecule has 4 aliphatic rings. The van der Waals surface area contributed by atoms with Gasteiger partial charge in [0, 0.05) is 82.5 Å². The molecule has 8 rings (SSSR count). The highest BCUT2D eigenvalue weighted by Gasteiger charge is 2.52. The molecule has 4 heterocycles. The van der Waals surface area contributed by atoms with Crippen LogP contribution in [0, 0.1) is 41.4 Å². The molecule has 5 amide bonds. The minimum Gasteiger partial charge on any atom is -0.396 e. The first kappa shape index (κ1) is 69.8. The van der Waals surface area contributed by atoms with E-state index in [4.69, 9.17) is 0 Å². The maximum atomic E-state index is 15.0. The number of carbonyl (C=O) groups excluding carboxylic acids is 9. The number of aliphatic hydroxyl groups is 1. The predicted octanol–water partition coefficient (Wildman–Crippen LogP) is 7.81. The van der Waals surface area contributed by atoms with Crippen LogP contribution in [0.5, 0.6) is 0 Å². The van der Waals surface area contributed by atoms with Gasteiger partial charge < -0.3 is 41.5 Å². The Morgan fingerprint density at radius 1 is 0.609 bits per heavy atom. The number of likely N-dealkylation sites (N-methyl/N-ethyl adjacent to an activating group) is 2. The molecule has 4 aliphatic heterocycles. The van der Waals surface area contributed by atoms with Gasteiger partial charge in [-0.15, -0.1) is 0 Å². The Morgan fingerprint density at radius 3 is 1.68 bits per heavy atom. The quantitative estimate of drug-likeness (QED) is 0.0209. The summed E-state index contributed by atoms with van der Waals surface area (Å²) in [7, 11) is 3.41. The molecule has 0 bridgehead atoms. The van der Waals surface area contributed by atoms with E-state index in [1.807, 2.05) is 86.6 Å². The third-order valence-corrected chi connectivity index (χ3v) is 19.6. The summed E-state index contributed by atoms with van der Waals surface area (Å²) in [6.07, 6.45) is 7.41. The topological polar surface area (TPSA) is 240 Å². The van der Waals surface area contributed by atoms with E-state index in [2.05, 4.69) is 50.3 Å². The smallest absolute Gasteiger partial charge is 0.246 e. The van der Waals surface area contributed by atoms with E-state index < -0.39 is 53.5 Å². The third kappa shape index (κ3) is 17.3. The average molecular weight is 1250 g/mol. The number of Topliss-reactive ketones (excluding diaryl/α,β-unsaturated/α-hetero) is 4. The molecule has 17 heteroatoms. The molecule has 92 heavy (non-hydrogen) atoms.